The maximum Gasteiger partial charge on any atom is 0.417 e. The van der Waals surface area contributed by atoms with Crippen LogP contribution in [0.25, 0.3) is 28.3 Å². The number of alkyl halides is 3. The molecule has 38 heavy (non-hydrogen) atoms. The van der Waals surface area contributed by atoms with E-state index in [0.29, 0.717) is 11.3 Å². The first kappa shape index (κ1) is 25.0. The van der Waals surface area contributed by atoms with E-state index in [9.17, 15) is 23.1 Å². The second-order valence-electron chi connectivity index (χ2n) is 8.29. The highest BCUT2D eigenvalue weighted by molar-refractivity contribution is 6.09. The van der Waals surface area contributed by atoms with Gasteiger partial charge in [-0.25, -0.2) is 24.3 Å². The summed E-state index contributed by atoms with van der Waals surface area (Å²) in [5.41, 5.74) is -1.00. The zero-order chi connectivity index (χ0) is 27.0. The van der Waals surface area contributed by atoms with Crippen LogP contribution in [0.3, 0.4) is 0 Å². The van der Waals surface area contributed by atoms with E-state index in [1.165, 1.54) is 42.3 Å². The fourth-order valence-electron chi connectivity index (χ4n) is 3.99. The molecule has 12 heteroatoms. The Labute approximate surface area is 212 Å². The van der Waals surface area contributed by atoms with Crippen molar-refractivity contribution in [1.82, 2.24) is 24.3 Å². The number of carbonyl (C=O) groups excluding carboxylic acids is 1. The molecule has 0 saturated heterocycles. The number of aromatic nitrogens is 5. The lowest BCUT2D eigenvalue weighted by molar-refractivity contribution is -0.137. The van der Waals surface area contributed by atoms with Gasteiger partial charge in [0.15, 0.2) is 11.5 Å². The van der Waals surface area contributed by atoms with Crippen molar-refractivity contribution in [3.63, 3.8) is 0 Å². The summed E-state index contributed by atoms with van der Waals surface area (Å²) in [6.07, 6.45) is -0.543. The number of hydrogen-bond donors (Lipinski definition) is 2. The molecule has 192 valence electrons. The van der Waals surface area contributed by atoms with E-state index in [4.69, 9.17) is 0 Å². The summed E-state index contributed by atoms with van der Waals surface area (Å²) >= 11 is 0. The third kappa shape index (κ3) is 4.57. The van der Waals surface area contributed by atoms with Gasteiger partial charge >= 0.3 is 6.18 Å². The Morgan fingerprint density at radius 3 is 2.39 bits per heavy atom. The summed E-state index contributed by atoms with van der Waals surface area (Å²) in [7, 11) is 0. The molecule has 0 bridgehead atoms. The van der Waals surface area contributed by atoms with Gasteiger partial charge in [0.2, 0.25) is 0 Å². The number of anilines is 1. The Kier molecular flexibility index (Phi) is 6.33. The number of benzene rings is 2. The average molecular weight is 522 g/mol. The summed E-state index contributed by atoms with van der Waals surface area (Å²) < 4.78 is 57.6. The van der Waals surface area contributed by atoms with Crippen LogP contribution in [0.4, 0.5) is 23.2 Å². The molecule has 0 aliphatic rings. The highest BCUT2D eigenvalue weighted by Gasteiger charge is 2.36. The highest BCUT2D eigenvalue weighted by Crippen LogP contribution is 2.38. The smallest absolute Gasteiger partial charge is 0.387 e. The van der Waals surface area contributed by atoms with Gasteiger partial charge in [-0.15, -0.1) is 0 Å². The summed E-state index contributed by atoms with van der Waals surface area (Å²) in [5, 5.41) is 12.7. The van der Waals surface area contributed by atoms with Crippen LogP contribution in [-0.4, -0.2) is 35.4 Å². The maximum atomic E-state index is 15.0. The van der Waals surface area contributed by atoms with E-state index in [2.05, 4.69) is 25.3 Å². The van der Waals surface area contributed by atoms with Gasteiger partial charge in [-0.2, -0.15) is 13.2 Å². The van der Waals surface area contributed by atoms with Gasteiger partial charge in [0.05, 0.1) is 34.8 Å². The molecule has 1 amide bonds. The van der Waals surface area contributed by atoms with E-state index >= 15 is 4.39 Å². The fourth-order valence-corrected chi connectivity index (χ4v) is 3.99. The first-order chi connectivity index (χ1) is 18.1. The number of amides is 1. The third-order valence-corrected chi connectivity index (χ3v) is 5.77. The largest absolute Gasteiger partial charge is 0.417 e. The number of imidazole rings is 1. The van der Waals surface area contributed by atoms with Crippen molar-refractivity contribution in [3.05, 3.63) is 96.1 Å². The minimum atomic E-state index is -4.92. The number of aliphatic hydroxyl groups is 1. The normalized spacial score (nSPS) is 12.5. The molecule has 2 aromatic carbocycles. The first-order valence-electron chi connectivity index (χ1n) is 11.2. The number of fused-ring (bicyclic) bond motifs is 1. The maximum absolute atomic E-state index is 15.0. The minimum Gasteiger partial charge on any atom is -0.387 e. The van der Waals surface area contributed by atoms with Gasteiger partial charge in [0.25, 0.3) is 5.91 Å². The van der Waals surface area contributed by atoms with Crippen molar-refractivity contribution in [2.75, 3.05) is 5.32 Å². The van der Waals surface area contributed by atoms with E-state index in [1.807, 2.05) is 0 Å². The lowest BCUT2D eigenvalue weighted by atomic mass is 10.0. The second kappa shape index (κ2) is 9.63. The zero-order valence-electron chi connectivity index (χ0n) is 19.6. The molecule has 5 rings (SSSR count). The number of halogens is 4. The molecule has 0 fully saturated rings. The molecule has 0 radical (unpaired) electrons. The Bertz CT molecular complexity index is 1640. The van der Waals surface area contributed by atoms with Crippen LogP contribution in [0, 0.1) is 5.82 Å². The van der Waals surface area contributed by atoms with Crippen molar-refractivity contribution in [2.45, 2.75) is 19.2 Å². The van der Waals surface area contributed by atoms with Crippen molar-refractivity contribution in [3.8, 4) is 22.6 Å². The predicted octanol–water partition coefficient (Wildman–Crippen LogP) is 5.32. The number of nitrogens with one attached hydrogen (secondary N) is 1. The Morgan fingerprint density at radius 2 is 1.74 bits per heavy atom. The van der Waals surface area contributed by atoms with Crippen LogP contribution in [0.5, 0.6) is 0 Å². The molecule has 0 aliphatic heterocycles. The molecule has 2 N–H and O–H groups in total. The molecule has 8 nitrogen and oxygen atoms in total. The van der Waals surface area contributed by atoms with Gasteiger partial charge < -0.3 is 10.4 Å². The molecule has 0 aliphatic carbocycles. The highest BCUT2D eigenvalue weighted by atomic mass is 19.4. The zero-order valence-corrected chi connectivity index (χ0v) is 19.6. The fraction of sp³-hybridized carbons (Fsp3) is 0.115. The van der Waals surface area contributed by atoms with Crippen molar-refractivity contribution >= 4 is 17.2 Å². The Morgan fingerprint density at radius 1 is 1.03 bits per heavy atom. The number of carbonyl (C=O) groups is 1. The molecule has 0 unspecified atom stereocenters. The summed E-state index contributed by atoms with van der Waals surface area (Å²) in [6, 6.07) is 11.2. The topological polar surface area (TPSA) is 105 Å². The SMILES string of the molecule is C[C@@H](O)c1cnc2c(NC(=O)c3cc(-c4ncccn4)c(C(F)(F)F)cc3F)c(-c3ccccc3)ncn12. The van der Waals surface area contributed by atoms with Crippen LogP contribution in [0.2, 0.25) is 0 Å². The molecule has 0 saturated carbocycles. The van der Waals surface area contributed by atoms with Crippen LogP contribution in [-0.2, 0) is 6.18 Å². The first-order valence-corrected chi connectivity index (χ1v) is 11.2. The van der Waals surface area contributed by atoms with Gasteiger partial charge in [0, 0.05) is 23.5 Å². The van der Waals surface area contributed by atoms with Gasteiger partial charge in [-0.05, 0) is 25.1 Å². The molecule has 3 aromatic heterocycles. The second-order valence-corrected chi connectivity index (χ2v) is 8.29. The van der Waals surface area contributed by atoms with Crippen molar-refractivity contribution < 1.29 is 27.5 Å². The molecular weight excluding hydrogens is 504 g/mol. The third-order valence-electron chi connectivity index (χ3n) is 5.77. The van der Waals surface area contributed by atoms with Crippen LogP contribution in [0.15, 0.2) is 73.4 Å². The monoisotopic (exact) mass is 522 g/mol. The van der Waals surface area contributed by atoms with Gasteiger partial charge in [-0.3, -0.25) is 9.20 Å². The number of aliphatic hydroxyl groups excluding tert-OH is 1. The average Bonchev–Trinajstić information content (AvgIpc) is 3.34. The lowest BCUT2D eigenvalue weighted by Gasteiger charge is -2.16. The summed E-state index contributed by atoms with van der Waals surface area (Å²) in [6.45, 7) is 1.53. The van der Waals surface area contributed by atoms with E-state index < -0.39 is 40.7 Å². The number of nitrogens with zero attached hydrogens (tertiary/aromatic N) is 5. The van der Waals surface area contributed by atoms with Crippen molar-refractivity contribution in [2.24, 2.45) is 0 Å². The number of hydrogen-bond acceptors (Lipinski definition) is 6. The molecular formula is C26H18F4N6O2. The molecule has 5 aromatic rings. The van der Waals surface area contributed by atoms with Gasteiger partial charge in [-0.1, -0.05) is 30.3 Å². The minimum absolute atomic E-state index is 0.0763. The Balaban J connectivity index is 1.66. The van der Waals surface area contributed by atoms with E-state index in [-0.39, 0.29) is 28.9 Å². The summed E-state index contributed by atoms with van der Waals surface area (Å²) in [4.78, 5) is 29.7. The quantitative estimate of drug-likeness (QED) is 0.303. The summed E-state index contributed by atoms with van der Waals surface area (Å²) in [5.74, 6) is -2.75. The van der Waals surface area contributed by atoms with E-state index in [0.717, 1.165) is 6.07 Å². The molecule has 3 heterocycles. The molecule has 1 atom stereocenters. The van der Waals surface area contributed by atoms with Crippen LogP contribution in [0.1, 0.15) is 34.6 Å². The Hall–Kier alpha value is -4.71. The molecule has 0 spiro atoms. The van der Waals surface area contributed by atoms with Crippen LogP contribution < -0.4 is 5.32 Å². The van der Waals surface area contributed by atoms with Crippen molar-refractivity contribution in [1.29, 1.82) is 0 Å². The lowest BCUT2D eigenvalue weighted by Crippen LogP contribution is -2.18. The number of rotatable bonds is 5. The predicted molar refractivity (Wildman–Crippen MR) is 129 cm³/mol. The van der Waals surface area contributed by atoms with E-state index in [1.54, 1.807) is 30.3 Å². The van der Waals surface area contributed by atoms with Gasteiger partial charge in [0.1, 0.15) is 17.8 Å². The standard InChI is InChI=1S/C26H18F4N6O2/c1-14(37)20-12-33-24-22(21(34-13-36(20)24)15-6-3-2-4-7-15)35-25(38)17-10-16(23-31-8-5-9-32-23)18(11-19(17)27)26(28,29)30/h2-14,37H,1H3,(H,35,38)/t14-/m1/s1. The van der Waals surface area contributed by atoms with Crippen LogP contribution >= 0.6 is 0 Å².